The lowest BCUT2D eigenvalue weighted by atomic mass is 10.1. The second-order valence-electron chi connectivity index (χ2n) is 4.02. The molecule has 1 unspecified atom stereocenters. The molecule has 0 saturated heterocycles. The van der Waals surface area contributed by atoms with Crippen molar-refractivity contribution < 1.29 is 0 Å². The Morgan fingerprint density at radius 2 is 1.83 bits per heavy atom. The summed E-state index contributed by atoms with van der Waals surface area (Å²) in [7, 11) is 2.15. The molecule has 0 amide bonds. The van der Waals surface area contributed by atoms with Crippen LogP contribution in [0.25, 0.3) is 0 Å². The highest BCUT2D eigenvalue weighted by molar-refractivity contribution is 6.18. The van der Waals surface area contributed by atoms with Crippen LogP contribution in [0.5, 0.6) is 0 Å². The first kappa shape index (κ1) is 12.2. The molecular formula is C10H22ClN. The van der Waals surface area contributed by atoms with Crippen LogP contribution in [0.2, 0.25) is 0 Å². The quantitative estimate of drug-likeness (QED) is 0.584. The van der Waals surface area contributed by atoms with E-state index in [9.17, 15) is 0 Å². The van der Waals surface area contributed by atoms with E-state index >= 15 is 0 Å². The Bertz CT molecular complexity index is 104. The van der Waals surface area contributed by atoms with E-state index in [1.165, 1.54) is 19.4 Å². The summed E-state index contributed by atoms with van der Waals surface area (Å²) in [6.45, 7) is 7.88. The van der Waals surface area contributed by atoms with Crippen molar-refractivity contribution in [3.63, 3.8) is 0 Å². The zero-order valence-corrected chi connectivity index (χ0v) is 9.56. The van der Waals surface area contributed by atoms with Crippen molar-refractivity contribution in [3.05, 3.63) is 0 Å². The predicted molar refractivity (Wildman–Crippen MR) is 56.9 cm³/mol. The zero-order valence-electron chi connectivity index (χ0n) is 8.81. The first-order valence-electron chi connectivity index (χ1n) is 4.84. The summed E-state index contributed by atoms with van der Waals surface area (Å²) in [6.07, 6.45) is 2.61. The Morgan fingerprint density at radius 3 is 2.25 bits per heavy atom. The molecule has 1 atom stereocenters. The third-order valence-corrected chi connectivity index (χ3v) is 2.71. The van der Waals surface area contributed by atoms with E-state index in [2.05, 4.69) is 32.7 Å². The van der Waals surface area contributed by atoms with Gasteiger partial charge in [0.2, 0.25) is 0 Å². The van der Waals surface area contributed by atoms with Crippen LogP contribution < -0.4 is 0 Å². The summed E-state index contributed by atoms with van der Waals surface area (Å²) in [4.78, 5) is 2.33. The minimum atomic E-state index is 0.513. The smallest absolute Gasteiger partial charge is 0.0376 e. The average molecular weight is 192 g/mol. The Hall–Kier alpha value is 0.250. The van der Waals surface area contributed by atoms with Crippen LogP contribution in [0.1, 0.15) is 33.6 Å². The topological polar surface area (TPSA) is 3.24 Å². The highest BCUT2D eigenvalue weighted by Crippen LogP contribution is 2.06. The highest BCUT2D eigenvalue weighted by atomic mass is 35.5. The van der Waals surface area contributed by atoms with Crippen LogP contribution in [0.4, 0.5) is 0 Å². The number of nitrogens with zero attached hydrogens (tertiary/aromatic N) is 1. The van der Waals surface area contributed by atoms with Gasteiger partial charge >= 0.3 is 0 Å². The van der Waals surface area contributed by atoms with E-state index in [0.29, 0.717) is 6.04 Å². The molecule has 0 fully saturated rings. The minimum absolute atomic E-state index is 0.513. The van der Waals surface area contributed by atoms with Crippen LogP contribution in [0, 0.1) is 5.92 Å². The molecule has 0 aliphatic carbocycles. The third-order valence-electron chi connectivity index (χ3n) is 2.27. The fourth-order valence-corrected chi connectivity index (χ4v) is 1.32. The Kier molecular flexibility index (Phi) is 6.87. The molecule has 0 aliphatic heterocycles. The van der Waals surface area contributed by atoms with E-state index in [4.69, 9.17) is 11.6 Å². The Morgan fingerprint density at radius 1 is 1.25 bits per heavy atom. The maximum Gasteiger partial charge on any atom is 0.0376 e. The minimum Gasteiger partial charge on any atom is -0.303 e. The Labute approximate surface area is 82.1 Å². The normalized spacial score (nSPS) is 14.2. The third kappa shape index (κ3) is 5.84. The molecule has 0 saturated carbocycles. The van der Waals surface area contributed by atoms with Gasteiger partial charge in [-0.3, -0.25) is 0 Å². The molecule has 0 aliphatic rings. The first-order valence-corrected chi connectivity index (χ1v) is 5.37. The van der Waals surface area contributed by atoms with Crippen molar-refractivity contribution in [3.8, 4) is 0 Å². The van der Waals surface area contributed by atoms with Crippen LogP contribution >= 0.6 is 11.6 Å². The van der Waals surface area contributed by atoms with E-state index in [1.54, 1.807) is 0 Å². The van der Waals surface area contributed by atoms with E-state index in [0.717, 1.165) is 11.8 Å². The van der Waals surface area contributed by atoms with Gasteiger partial charge in [-0.2, -0.15) is 0 Å². The maximum absolute atomic E-state index is 5.75. The van der Waals surface area contributed by atoms with Gasteiger partial charge < -0.3 is 4.90 Å². The fourth-order valence-electron chi connectivity index (χ4n) is 1.09. The molecule has 1 nitrogen and oxygen atoms in total. The van der Waals surface area contributed by atoms with Gasteiger partial charge in [0.05, 0.1) is 0 Å². The van der Waals surface area contributed by atoms with Crippen LogP contribution in [0.3, 0.4) is 0 Å². The molecule has 0 spiro atoms. The molecule has 0 aromatic rings. The highest BCUT2D eigenvalue weighted by Gasteiger charge is 2.06. The summed E-state index contributed by atoms with van der Waals surface area (Å²) in [6, 6.07) is 0.513. The molecule has 0 N–H and O–H groups in total. The summed E-state index contributed by atoms with van der Waals surface area (Å²) in [5, 5.41) is 0. The van der Waals surface area contributed by atoms with Gasteiger partial charge in [-0.1, -0.05) is 13.8 Å². The molecule has 0 rings (SSSR count). The number of hydrogen-bond donors (Lipinski definition) is 0. The van der Waals surface area contributed by atoms with Gasteiger partial charge in [0.25, 0.3) is 0 Å². The van der Waals surface area contributed by atoms with Gasteiger partial charge in [-0.25, -0.2) is 0 Å². The van der Waals surface area contributed by atoms with Crippen LogP contribution in [0.15, 0.2) is 0 Å². The molecule has 12 heavy (non-hydrogen) atoms. The van der Waals surface area contributed by atoms with Gasteiger partial charge in [0.15, 0.2) is 0 Å². The van der Waals surface area contributed by atoms with Crippen molar-refractivity contribution in [2.24, 2.45) is 5.92 Å². The monoisotopic (exact) mass is 191 g/mol. The second kappa shape index (κ2) is 6.73. The fraction of sp³-hybridized carbons (Fsp3) is 1.00. The summed E-state index contributed by atoms with van der Waals surface area (Å²) < 4.78 is 0. The van der Waals surface area contributed by atoms with Gasteiger partial charge in [-0.15, -0.1) is 11.6 Å². The molecule has 0 radical (unpaired) electrons. The molecule has 74 valence electrons. The number of rotatable bonds is 6. The lowest BCUT2D eigenvalue weighted by molar-refractivity contribution is 0.266. The molecule has 2 heteroatoms. The predicted octanol–water partition coefficient (Wildman–Crippen LogP) is 2.98. The van der Waals surface area contributed by atoms with Crippen molar-refractivity contribution in [1.82, 2.24) is 4.90 Å². The average Bonchev–Trinajstić information content (AvgIpc) is 2.02. The van der Waals surface area contributed by atoms with Crippen molar-refractivity contribution in [2.75, 3.05) is 19.5 Å². The molecule has 0 aromatic heterocycles. The lowest BCUT2D eigenvalue weighted by Gasteiger charge is -2.22. The van der Waals surface area contributed by atoms with Gasteiger partial charge in [0.1, 0.15) is 0 Å². The summed E-state index contributed by atoms with van der Waals surface area (Å²) >= 11 is 5.75. The van der Waals surface area contributed by atoms with E-state index in [-0.39, 0.29) is 0 Å². The van der Waals surface area contributed by atoms with Gasteiger partial charge in [-0.05, 0) is 39.3 Å². The number of halogens is 1. The molecule has 0 bridgehead atoms. The number of alkyl halides is 1. The molecule has 0 heterocycles. The maximum atomic E-state index is 5.75. The van der Waals surface area contributed by atoms with Crippen LogP contribution in [-0.2, 0) is 0 Å². The SMILES string of the molecule is CC(C)CCCN(C)C(C)CCl. The second-order valence-corrected chi connectivity index (χ2v) is 4.33. The van der Waals surface area contributed by atoms with Crippen molar-refractivity contribution in [2.45, 2.75) is 39.7 Å². The van der Waals surface area contributed by atoms with Crippen molar-refractivity contribution in [1.29, 1.82) is 0 Å². The first-order chi connectivity index (χ1) is 5.57. The molecule has 0 aromatic carbocycles. The van der Waals surface area contributed by atoms with E-state index in [1.807, 2.05) is 0 Å². The van der Waals surface area contributed by atoms with Crippen molar-refractivity contribution >= 4 is 11.6 Å². The lowest BCUT2D eigenvalue weighted by Crippen LogP contribution is -2.31. The largest absolute Gasteiger partial charge is 0.303 e. The Balaban J connectivity index is 3.37. The summed E-state index contributed by atoms with van der Waals surface area (Å²) in [5.74, 6) is 1.56. The standard InChI is InChI=1S/C10H22ClN/c1-9(2)6-5-7-12(4)10(3)8-11/h9-10H,5-8H2,1-4H3. The molecular weight excluding hydrogens is 170 g/mol. The zero-order chi connectivity index (χ0) is 9.56. The number of hydrogen-bond acceptors (Lipinski definition) is 1. The van der Waals surface area contributed by atoms with Gasteiger partial charge in [0, 0.05) is 11.9 Å². The van der Waals surface area contributed by atoms with Crippen LogP contribution in [-0.4, -0.2) is 30.4 Å². The van der Waals surface area contributed by atoms with E-state index < -0.39 is 0 Å². The summed E-state index contributed by atoms with van der Waals surface area (Å²) in [5.41, 5.74) is 0.